The maximum Gasteiger partial charge on any atom is 0.346 e. The van der Waals surface area contributed by atoms with Gasteiger partial charge in [0.1, 0.15) is 17.3 Å². The van der Waals surface area contributed by atoms with Gasteiger partial charge in [0.2, 0.25) is 0 Å². The molecule has 4 nitrogen and oxygen atoms in total. The van der Waals surface area contributed by atoms with E-state index in [0.29, 0.717) is 6.07 Å². The summed E-state index contributed by atoms with van der Waals surface area (Å²) in [7, 11) is 0. The number of benzene rings is 2. The third-order valence-corrected chi connectivity index (χ3v) is 4.91. The molecule has 0 fully saturated rings. The molecule has 2 unspecified atom stereocenters. The molecule has 0 heterocycles. The molecule has 4 rings (SSSR count). The summed E-state index contributed by atoms with van der Waals surface area (Å²) in [4.78, 5) is 3.05. The van der Waals surface area contributed by atoms with Crippen molar-refractivity contribution < 1.29 is 36.9 Å². The highest BCUT2D eigenvalue weighted by atomic mass is 19.3. The Bertz CT molecular complexity index is 1020. The van der Waals surface area contributed by atoms with Gasteiger partial charge in [-0.1, -0.05) is 0 Å². The number of hydrogen-bond acceptors (Lipinski definition) is 3. The van der Waals surface area contributed by atoms with Crippen LogP contribution in [0.1, 0.15) is 29.2 Å². The Morgan fingerprint density at radius 1 is 1.15 bits per heavy atom. The minimum Gasteiger partial charge on any atom is -0.458 e. The van der Waals surface area contributed by atoms with Crippen LogP contribution in [0.3, 0.4) is 0 Å². The van der Waals surface area contributed by atoms with E-state index in [9.17, 15) is 32.2 Å². The largest absolute Gasteiger partial charge is 0.458 e. The summed E-state index contributed by atoms with van der Waals surface area (Å²) in [6.45, 7) is 6.91. The van der Waals surface area contributed by atoms with Crippen LogP contribution in [0.15, 0.2) is 30.3 Å². The molecule has 2 atom stereocenters. The van der Waals surface area contributed by atoms with Gasteiger partial charge in [0.15, 0.2) is 11.3 Å². The van der Waals surface area contributed by atoms with Crippen LogP contribution in [0.25, 0.3) is 4.85 Å². The monoisotopic (exact) mass is 383 g/mol. The van der Waals surface area contributed by atoms with Gasteiger partial charge >= 0.3 is 11.8 Å². The van der Waals surface area contributed by atoms with E-state index in [-0.39, 0.29) is 17.2 Å². The van der Waals surface area contributed by atoms with E-state index in [1.165, 1.54) is 0 Å². The summed E-state index contributed by atoms with van der Waals surface area (Å²) in [5.74, 6) is -10.7. The van der Waals surface area contributed by atoms with Crippen molar-refractivity contribution in [1.29, 1.82) is 0 Å². The number of nitrogens with zero attached hydrogens (tertiary/aromatic N) is 1. The van der Waals surface area contributed by atoms with Crippen LogP contribution in [0, 0.1) is 12.4 Å². The van der Waals surface area contributed by atoms with Crippen molar-refractivity contribution in [1.82, 2.24) is 0 Å². The first-order valence-electron chi connectivity index (χ1n) is 7.73. The molecule has 0 saturated heterocycles. The molecule has 2 aromatic carbocycles. The molecule has 0 amide bonds. The van der Waals surface area contributed by atoms with Gasteiger partial charge in [0.05, 0.1) is 12.7 Å². The van der Waals surface area contributed by atoms with Gasteiger partial charge in [-0.15, -0.1) is 0 Å². The van der Waals surface area contributed by atoms with E-state index in [2.05, 4.69) is 4.85 Å². The molecular formula is C18H10F5NO3. The van der Waals surface area contributed by atoms with Gasteiger partial charge in [-0.2, -0.15) is 17.6 Å². The molecule has 0 aromatic heterocycles. The van der Waals surface area contributed by atoms with Crippen molar-refractivity contribution in [3.63, 3.8) is 0 Å². The molecule has 2 aliphatic rings. The van der Waals surface area contributed by atoms with Crippen molar-refractivity contribution in [2.45, 2.75) is 30.0 Å². The molecule has 0 aliphatic heterocycles. The minimum absolute atomic E-state index is 0.0993. The number of rotatable bonds is 2. The summed E-state index contributed by atoms with van der Waals surface area (Å²) in [5.41, 5.74) is -5.61. The molecule has 140 valence electrons. The first kappa shape index (κ1) is 17.7. The first-order valence-corrected chi connectivity index (χ1v) is 7.73. The number of alkyl halides is 4. The van der Waals surface area contributed by atoms with E-state index >= 15 is 0 Å². The molecule has 0 spiro atoms. The van der Waals surface area contributed by atoms with Gasteiger partial charge in [0.25, 0.3) is 0 Å². The van der Waals surface area contributed by atoms with Crippen LogP contribution in [0.4, 0.5) is 27.6 Å². The third kappa shape index (κ3) is 2.08. The predicted molar refractivity (Wildman–Crippen MR) is 81.5 cm³/mol. The normalized spacial score (nSPS) is 26.5. The van der Waals surface area contributed by atoms with Gasteiger partial charge in [-0.3, -0.25) is 0 Å². The molecular weight excluding hydrogens is 373 g/mol. The molecule has 2 N–H and O–H groups in total. The molecule has 0 radical (unpaired) electrons. The summed E-state index contributed by atoms with van der Waals surface area (Å²) in [6.07, 6.45) is -2.72. The van der Waals surface area contributed by atoms with Crippen molar-refractivity contribution in [3.8, 4) is 11.5 Å². The fourth-order valence-electron chi connectivity index (χ4n) is 3.72. The zero-order valence-electron chi connectivity index (χ0n) is 13.3. The van der Waals surface area contributed by atoms with Gasteiger partial charge in [-0.05, 0) is 24.3 Å². The lowest BCUT2D eigenvalue weighted by molar-refractivity contribution is -0.289. The minimum atomic E-state index is -4.82. The second kappa shape index (κ2) is 5.18. The van der Waals surface area contributed by atoms with E-state index in [1.807, 2.05) is 0 Å². The first-order chi connectivity index (χ1) is 12.5. The Labute approximate surface area is 149 Å². The zero-order valence-corrected chi connectivity index (χ0v) is 13.3. The topological polar surface area (TPSA) is 54.0 Å². The summed E-state index contributed by atoms with van der Waals surface area (Å²) < 4.78 is 75.7. The van der Waals surface area contributed by atoms with E-state index in [0.717, 1.165) is 24.3 Å². The zero-order chi connectivity index (χ0) is 19.8. The van der Waals surface area contributed by atoms with E-state index < -0.39 is 52.5 Å². The second-order valence-electron chi connectivity index (χ2n) is 6.49. The third-order valence-electron chi connectivity index (χ3n) is 4.91. The molecule has 2 aliphatic carbocycles. The summed E-state index contributed by atoms with van der Waals surface area (Å²) in [6, 6.07) is 4.64. The number of ether oxygens (including phenoxy) is 1. The molecule has 27 heavy (non-hydrogen) atoms. The van der Waals surface area contributed by atoms with Gasteiger partial charge in [-0.25, -0.2) is 9.24 Å². The average Bonchev–Trinajstić information content (AvgIpc) is 2.92. The molecule has 0 saturated carbocycles. The highest BCUT2D eigenvalue weighted by Crippen LogP contribution is 2.68. The smallest absolute Gasteiger partial charge is 0.346 e. The molecule has 2 aromatic rings. The van der Waals surface area contributed by atoms with Crippen molar-refractivity contribution in [2.24, 2.45) is 0 Å². The number of halogens is 5. The highest BCUT2D eigenvalue weighted by molar-refractivity contribution is 5.60. The van der Waals surface area contributed by atoms with Crippen LogP contribution >= 0.6 is 0 Å². The summed E-state index contributed by atoms with van der Waals surface area (Å²) >= 11 is 0. The van der Waals surface area contributed by atoms with Crippen LogP contribution in [0.5, 0.6) is 11.5 Å². The Balaban J connectivity index is 1.89. The molecule has 9 heteroatoms. The van der Waals surface area contributed by atoms with Crippen LogP contribution in [-0.4, -0.2) is 16.1 Å². The lowest BCUT2D eigenvalue weighted by Crippen LogP contribution is -2.48. The summed E-state index contributed by atoms with van der Waals surface area (Å²) in [5, 5.41) is 20.5. The second-order valence-corrected chi connectivity index (χ2v) is 6.49. The molecule has 0 bridgehead atoms. The maximum atomic E-state index is 14.2. The Morgan fingerprint density at radius 3 is 2.52 bits per heavy atom. The van der Waals surface area contributed by atoms with Crippen molar-refractivity contribution >= 4 is 5.69 Å². The average molecular weight is 383 g/mol. The lowest BCUT2D eigenvalue weighted by atomic mass is 9.94. The van der Waals surface area contributed by atoms with Crippen molar-refractivity contribution in [2.75, 3.05) is 0 Å². The lowest BCUT2D eigenvalue weighted by Gasteiger charge is -2.30. The van der Waals surface area contributed by atoms with Crippen molar-refractivity contribution in [3.05, 3.63) is 64.3 Å². The van der Waals surface area contributed by atoms with E-state index in [4.69, 9.17) is 11.3 Å². The highest BCUT2D eigenvalue weighted by Gasteiger charge is 2.78. The maximum absolute atomic E-state index is 14.2. The van der Waals surface area contributed by atoms with Gasteiger partial charge < -0.3 is 14.9 Å². The number of hydrogen-bond donors (Lipinski definition) is 2. The number of aliphatic hydroxyl groups excluding tert-OH is 1. The number of aliphatic hydroxyl groups is 2. The Morgan fingerprint density at radius 2 is 1.85 bits per heavy atom. The SMILES string of the molecule is [C-]#[N+]c1cc(F)cc(Oc2ccc3c4c2C(O)CC4(O)C(F)(F)C3(F)F)c1. The fourth-order valence-corrected chi connectivity index (χ4v) is 3.72. The van der Waals surface area contributed by atoms with Gasteiger partial charge in [0, 0.05) is 29.2 Å². The van der Waals surface area contributed by atoms with E-state index in [1.54, 1.807) is 0 Å². The van der Waals surface area contributed by atoms with Crippen LogP contribution in [-0.2, 0) is 11.5 Å². The quantitative estimate of drug-likeness (QED) is 0.592. The van der Waals surface area contributed by atoms with Crippen LogP contribution < -0.4 is 4.74 Å². The van der Waals surface area contributed by atoms with Crippen LogP contribution in [0.2, 0.25) is 0 Å². The Hall–Kier alpha value is -2.70. The predicted octanol–water partition coefficient (Wildman–Crippen LogP) is 4.53. The standard InChI is InChI=1S/C18H10F5NO3/c1-24-9-4-8(19)5-10(6-9)27-13-3-2-11-15-14(13)12(25)7-16(15,26)18(22,23)17(11,20)21/h2-6,12,25-26H,7H2. The fraction of sp³-hybridized carbons (Fsp3) is 0.278. The Kier molecular flexibility index (Phi) is 3.40.